The number of hydrogen-bond acceptors (Lipinski definition) is 7. The van der Waals surface area contributed by atoms with Gasteiger partial charge in [0.2, 0.25) is 0 Å². The van der Waals surface area contributed by atoms with Crippen LogP contribution in [0.25, 0.3) is 0 Å². The third-order valence-corrected chi connectivity index (χ3v) is 3.22. The third-order valence-electron chi connectivity index (χ3n) is 3.22. The Balaban J connectivity index is 2.20. The molecule has 0 spiro atoms. The average Bonchev–Trinajstić information content (AvgIpc) is 2.46. The Kier molecular flexibility index (Phi) is 5.01. The quantitative estimate of drug-likeness (QED) is 0.579. The van der Waals surface area contributed by atoms with Gasteiger partial charge in [0.25, 0.3) is 0 Å². The highest BCUT2D eigenvalue weighted by atomic mass is 19.1. The molecule has 0 aliphatic carbocycles. The summed E-state index contributed by atoms with van der Waals surface area (Å²) in [6.45, 7) is -0.520. The van der Waals surface area contributed by atoms with Gasteiger partial charge in [-0.3, -0.25) is 0 Å². The Hall–Kier alpha value is -1.39. The lowest BCUT2D eigenvalue weighted by molar-refractivity contribution is -0.254. The van der Waals surface area contributed by atoms with E-state index in [0.717, 1.165) is 6.20 Å². The fraction of sp³-hybridized carbons (Fsp3) is 0.583. The zero-order valence-electron chi connectivity index (χ0n) is 11.1. The van der Waals surface area contributed by atoms with Crippen LogP contribution < -0.4 is 5.32 Å². The van der Waals surface area contributed by atoms with Crippen molar-refractivity contribution >= 4 is 5.82 Å². The average molecular weight is 306 g/mol. The first kappa shape index (κ1) is 16.0. The Bertz CT molecular complexity index is 491. The van der Waals surface area contributed by atoms with E-state index in [1.807, 2.05) is 0 Å². The minimum Gasteiger partial charge on any atom is -0.394 e. The molecule has 1 aromatic rings. The maximum atomic E-state index is 13.6. The van der Waals surface area contributed by atoms with Gasteiger partial charge in [0.05, 0.1) is 12.8 Å². The maximum Gasteiger partial charge on any atom is 0.180 e. The minimum atomic E-state index is -1.41. The Labute approximate surface area is 119 Å². The van der Waals surface area contributed by atoms with E-state index in [1.165, 1.54) is 7.11 Å². The van der Waals surface area contributed by atoms with Crippen LogP contribution in [0.15, 0.2) is 12.3 Å². The van der Waals surface area contributed by atoms with Crippen molar-refractivity contribution in [2.45, 2.75) is 30.6 Å². The lowest BCUT2D eigenvalue weighted by atomic mass is 9.97. The molecule has 9 heteroatoms. The minimum absolute atomic E-state index is 0.319. The second-order valence-electron chi connectivity index (χ2n) is 4.60. The van der Waals surface area contributed by atoms with Gasteiger partial charge in [-0.25, -0.2) is 13.8 Å². The van der Waals surface area contributed by atoms with Gasteiger partial charge < -0.3 is 30.1 Å². The molecular weight excluding hydrogens is 290 g/mol. The first-order valence-electron chi connectivity index (χ1n) is 6.20. The molecule has 0 radical (unpaired) electrons. The van der Waals surface area contributed by atoms with Gasteiger partial charge in [-0.15, -0.1) is 0 Å². The highest BCUT2D eigenvalue weighted by Crippen LogP contribution is 2.25. The molecule has 0 unspecified atom stereocenters. The molecule has 0 aromatic carbocycles. The van der Waals surface area contributed by atoms with Crippen molar-refractivity contribution < 1.29 is 33.6 Å². The maximum absolute atomic E-state index is 13.6. The second kappa shape index (κ2) is 6.58. The Morgan fingerprint density at radius 2 is 2.10 bits per heavy atom. The zero-order valence-corrected chi connectivity index (χ0v) is 11.1. The predicted octanol–water partition coefficient (Wildman–Crippen LogP) is -0.774. The highest BCUT2D eigenvalue weighted by molar-refractivity contribution is 5.38. The number of hydrogen-bond donors (Lipinski definition) is 4. The number of aliphatic hydroxyl groups excluding tert-OH is 3. The van der Waals surface area contributed by atoms with Crippen molar-refractivity contribution in [3.8, 4) is 0 Å². The van der Waals surface area contributed by atoms with Crippen molar-refractivity contribution in [1.29, 1.82) is 0 Å². The molecule has 1 aliphatic heterocycles. The van der Waals surface area contributed by atoms with E-state index in [9.17, 15) is 19.0 Å². The topological polar surface area (TPSA) is 104 Å². The number of rotatable bonds is 4. The van der Waals surface area contributed by atoms with Gasteiger partial charge in [-0.05, 0) is 0 Å². The smallest absolute Gasteiger partial charge is 0.180 e. The molecule has 0 saturated carbocycles. The molecule has 1 aliphatic rings. The summed E-state index contributed by atoms with van der Waals surface area (Å²) in [4.78, 5) is 3.52. The van der Waals surface area contributed by atoms with E-state index in [0.29, 0.717) is 6.07 Å². The third kappa shape index (κ3) is 3.27. The molecule has 2 rings (SSSR count). The summed E-state index contributed by atoms with van der Waals surface area (Å²) in [6, 6.07) is -0.430. The van der Waals surface area contributed by atoms with Crippen molar-refractivity contribution in [2.75, 3.05) is 19.0 Å². The highest BCUT2D eigenvalue weighted by Gasteiger charge is 2.44. The molecular formula is C12H16F2N2O5. The molecule has 1 fully saturated rings. The first-order chi connectivity index (χ1) is 9.97. The predicted molar refractivity (Wildman–Crippen MR) is 66.3 cm³/mol. The van der Waals surface area contributed by atoms with Crippen molar-refractivity contribution in [1.82, 2.24) is 4.98 Å². The van der Waals surface area contributed by atoms with Crippen LogP contribution in [0.1, 0.15) is 0 Å². The molecule has 4 N–H and O–H groups in total. The van der Waals surface area contributed by atoms with E-state index in [4.69, 9.17) is 14.6 Å². The number of pyridine rings is 1. The molecule has 0 bridgehead atoms. The molecule has 1 saturated heterocycles. The van der Waals surface area contributed by atoms with E-state index >= 15 is 0 Å². The van der Waals surface area contributed by atoms with E-state index < -0.39 is 48.9 Å². The van der Waals surface area contributed by atoms with Crippen LogP contribution in [0.2, 0.25) is 0 Å². The fourth-order valence-electron chi connectivity index (χ4n) is 2.12. The number of ether oxygens (including phenoxy) is 2. The molecule has 5 atom stereocenters. The normalized spacial score (nSPS) is 33.0. The number of methoxy groups -OCH3 is 1. The summed E-state index contributed by atoms with van der Waals surface area (Å²) in [5.41, 5.74) is 0. The number of nitrogens with zero attached hydrogens (tertiary/aromatic N) is 1. The number of halogens is 2. The molecule has 2 heterocycles. The summed E-state index contributed by atoms with van der Waals surface area (Å²) in [5, 5.41) is 31.4. The zero-order chi connectivity index (χ0) is 15.6. The molecule has 7 nitrogen and oxygen atoms in total. The van der Waals surface area contributed by atoms with E-state index in [1.54, 1.807) is 0 Å². The van der Waals surface area contributed by atoms with Gasteiger partial charge in [0.15, 0.2) is 17.9 Å². The van der Waals surface area contributed by atoms with Crippen LogP contribution in [-0.4, -0.2) is 64.7 Å². The van der Waals surface area contributed by atoms with Gasteiger partial charge >= 0.3 is 0 Å². The summed E-state index contributed by atoms with van der Waals surface area (Å²) in [7, 11) is 1.28. The summed E-state index contributed by atoms with van der Waals surface area (Å²) < 4.78 is 36.6. The molecule has 21 heavy (non-hydrogen) atoms. The lowest BCUT2D eigenvalue weighted by Crippen LogP contribution is -2.61. The summed E-state index contributed by atoms with van der Waals surface area (Å²) in [5.74, 6) is -2.13. The van der Waals surface area contributed by atoms with Crippen LogP contribution >= 0.6 is 0 Å². The Morgan fingerprint density at radius 1 is 1.38 bits per heavy atom. The summed E-state index contributed by atoms with van der Waals surface area (Å²) >= 11 is 0. The van der Waals surface area contributed by atoms with Gasteiger partial charge in [0.1, 0.15) is 30.2 Å². The largest absolute Gasteiger partial charge is 0.394 e. The molecule has 0 amide bonds. The van der Waals surface area contributed by atoms with Gasteiger partial charge in [-0.2, -0.15) is 0 Å². The summed E-state index contributed by atoms with van der Waals surface area (Å²) in [6.07, 6.45) is -4.11. The van der Waals surface area contributed by atoms with Crippen LogP contribution in [0, 0.1) is 11.6 Å². The van der Waals surface area contributed by atoms with Gasteiger partial charge in [0, 0.05) is 13.2 Å². The fourth-order valence-corrected chi connectivity index (χ4v) is 2.12. The van der Waals surface area contributed by atoms with Crippen molar-refractivity contribution in [2.24, 2.45) is 0 Å². The SMILES string of the molecule is CO[C@@H]1O[C@H](CO)[C@H](O)[C@H](O)[C@H]1Nc1ncc(F)cc1F. The first-order valence-corrected chi connectivity index (χ1v) is 6.20. The molecule has 1 aromatic heterocycles. The second-order valence-corrected chi connectivity index (χ2v) is 4.60. The standard InChI is InChI=1S/C12H16F2N2O5/c1-20-12-8(10(19)9(18)7(4-17)21-12)16-11-6(14)2-5(13)3-15-11/h2-3,7-10,12,17-19H,4H2,1H3,(H,15,16)/t7-,8-,9+,10-,12-/m1/s1. The van der Waals surface area contributed by atoms with Crippen molar-refractivity contribution in [3.63, 3.8) is 0 Å². The van der Waals surface area contributed by atoms with Crippen molar-refractivity contribution in [3.05, 3.63) is 23.9 Å². The van der Waals surface area contributed by atoms with Crippen LogP contribution in [0.5, 0.6) is 0 Å². The van der Waals surface area contributed by atoms with Gasteiger partial charge in [-0.1, -0.05) is 0 Å². The van der Waals surface area contributed by atoms with Crippen LogP contribution in [-0.2, 0) is 9.47 Å². The van der Waals surface area contributed by atoms with E-state index in [-0.39, 0.29) is 5.82 Å². The number of aliphatic hydroxyl groups is 3. The lowest BCUT2D eigenvalue weighted by Gasteiger charge is -2.41. The number of aromatic nitrogens is 1. The Morgan fingerprint density at radius 3 is 2.67 bits per heavy atom. The van der Waals surface area contributed by atoms with Crippen LogP contribution in [0.4, 0.5) is 14.6 Å². The monoisotopic (exact) mass is 306 g/mol. The molecule has 118 valence electrons. The van der Waals surface area contributed by atoms with E-state index in [2.05, 4.69) is 10.3 Å². The number of anilines is 1. The van der Waals surface area contributed by atoms with Crippen LogP contribution in [0.3, 0.4) is 0 Å². The number of nitrogens with one attached hydrogen (secondary N) is 1.